The van der Waals surface area contributed by atoms with Crippen LogP contribution in [0.25, 0.3) is 0 Å². The van der Waals surface area contributed by atoms with Gasteiger partial charge in [0, 0.05) is 12.8 Å². The van der Waals surface area contributed by atoms with E-state index in [0.29, 0.717) is 23.9 Å². The lowest BCUT2D eigenvalue weighted by Gasteiger charge is -2.28. The Kier molecular flexibility index (Phi) is 72.7. The van der Waals surface area contributed by atoms with Crippen molar-refractivity contribution < 1.29 is 42.1 Å². The largest absolute Gasteiger partial charge is 0.756 e. The predicted molar refractivity (Wildman–Crippen MR) is 433 cm³/mol. The Labute approximate surface area is 613 Å². The molecule has 0 amide bonds. The summed E-state index contributed by atoms with van der Waals surface area (Å²) in [6.45, 7) is 3.96. The summed E-state index contributed by atoms with van der Waals surface area (Å²) in [5, 5.41) is 0. The third-order valence-corrected chi connectivity index (χ3v) is 16.6. The maximum absolute atomic E-state index is 12.9. The molecule has 560 valence electrons. The van der Waals surface area contributed by atoms with Gasteiger partial charge in [0.05, 0.1) is 27.7 Å². The minimum atomic E-state index is -4.67. The Morgan fingerprint density at radius 2 is 0.540 bits per heavy atom. The lowest BCUT2D eigenvalue weighted by Crippen LogP contribution is -2.37. The smallest absolute Gasteiger partial charge is 0.306 e. The first kappa shape index (κ1) is 94.1. The van der Waals surface area contributed by atoms with Crippen molar-refractivity contribution >= 4 is 19.8 Å². The van der Waals surface area contributed by atoms with Gasteiger partial charge in [-0.05, 0) is 161 Å². The first-order valence-corrected chi connectivity index (χ1v) is 40.6. The van der Waals surface area contributed by atoms with Crippen LogP contribution >= 0.6 is 7.82 Å². The van der Waals surface area contributed by atoms with Crippen molar-refractivity contribution in [3.8, 4) is 0 Å². The van der Waals surface area contributed by atoms with Crippen molar-refractivity contribution in [1.29, 1.82) is 0 Å². The van der Waals surface area contributed by atoms with E-state index in [0.717, 1.165) is 180 Å². The second-order valence-corrected chi connectivity index (χ2v) is 27.7. The van der Waals surface area contributed by atoms with Gasteiger partial charge in [-0.3, -0.25) is 14.2 Å². The quantitative estimate of drug-likeness (QED) is 0.0195. The lowest BCUT2D eigenvalue weighted by molar-refractivity contribution is -0.870. The summed E-state index contributed by atoms with van der Waals surface area (Å²) in [6, 6.07) is 0. The Morgan fingerprint density at radius 3 is 0.800 bits per heavy atom. The molecule has 0 radical (unpaired) electrons. The fourth-order valence-electron chi connectivity index (χ4n) is 9.79. The number of nitrogens with zero attached hydrogens (tertiary/aromatic N) is 1. The van der Waals surface area contributed by atoms with Crippen molar-refractivity contribution in [2.45, 2.75) is 277 Å². The first-order valence-electron chi connectivity index (χ1n) is 39.1. The number of carbonyl (C=O) groups excluding carboxylic acids is 2. The van der Waals surface area contributed by atoms with E-state index in [1.54, 1.807) is 0 Å². The zero-order valence-corrected chi connectivity index (χ0v) is 64.7. The number of ether oxygens (including phenoxy) is 2. The van der Waals surface area contributed by atoms with Gasteiger partial charge in [0.2, 0.25) is 0 Å². The zero-order chi connectivity index (χ0) is 72.5. The van der Waals surface area contributed by atoms with Crippen LogP contribution in [0.3, 0.4) is 0 Å². The molecule has 2 unspecified atom stereocenters. The highest BCUT2D eigenvalue weighted by Gasteiger charge is 2.22. The summed E-state index contributed by atoms with van der Waals surface area (Å²) in [7, 11) is 1.12. The fourth-order valence-corrected chi connectivity index (χ4v) is 10.5. The molecule has 10 heteroatoms. The van der Waals surface area contributed by atoms with Crippen molar-refractivity contribution in [1.82, 2.24) is 0 Å². The number of esters is 2. The maximum Gasteiger partial charge on any atom is 0.306 e. The first-order chi connectivity index (χ1) is 49.0. The standard InChI is InChI=1S/C90H142NO8P/c1-6-8-10-12-14-16-18-20-22-24-26-28-30-32-34-36-38-40-42-44-45-47-49-51-53-55-57-59-61-63-65-67-69-71-73-75-77-79-81-83-90(93)99-88(87-98-100(94,95)97-85-84-91(3,4)5)86-96-89(92)82-80-78-76-74-72-70-68-66-64-62-60-58-56-54-52-50-48-46-43-41-39-37-35-33-31-29-27-25-23-21-19-17-15-13-11-9-7-2/h8-11,14-17,20-23,26-29,32-35,38-41,44-46,48-49,51-52,54-55,57,61,63,67,69,88H,6-7,12-13,18-19,24-25,30-31,36-37,42-43,47,50,53,56,58-60,62,64-66,68,70-87H2,1-5H3/b10-8-,11-9-,16-14-,17-15-,22-20-,23-21-,28-26-,29-27-,34-32-,35-33-,40-38-,41-39-,45-44-,48-46-,51-49-,54-52-,57-55-,63-61-,69-67-. The minimum absolute atomic E-state index is 0.0471. The van der Waals surface area contributed by atoms with Crippen LogP contribution in [0.5, 0.6) is 0 Å². The number of phosphoric acid groups is 1. The van der Waals surface area contributed by atoms with Crippen LogP contribution in [0.15, 0.2) is 231 Å². The monoisotopic (exact) mass is 1400 g/mol. The molecule has 0 saturated heterocycles. The second kappa shape index (κ2) is 77.2. The molecule has 0 fully saturated rings. The number of rotatable bonds is 69. The molecule has 0 aliphatic heterocycles. The van der Waals surface area contributed by atoms with Crippen LogP contribution in [0.4, 0.5) is 0 Å². The van der Waals surface area contributed by atoms with Crippen molar-refractivity contribution in [2.75, 3.05) is 47.5 Å². The van der Waals surface area contributed by atoms with E-state index in [4.69, 9.17) is 18.5 Å². The maximum atomic E-state index is 12.9. The van der Waals surface area contributed by atoms with E-state index < -0.39 is 32.5 Å². The highest BCUT2D eigenvalue weighted by molar-refractivity contribution is 7.45. The van der Waals surface area contributed by atoms with Gasteiger partial charge in [-0.25, -0.2) is 0 Å². The van der Waals surface area contributed by atoms with E-state index in [9.17, 15) is 19.0 Å². The molecule has 0 aliphatic carbocycles. The average Bonchev–Trinajstić information content (AvgIpc) is 1.07. The number of unbranched alkanes of at least 4 members (excludes halogenated alkanes) is 17. The third-order valence-electron chi connectivity index (χ3n) is 15.7. The highest BCUT2D eigenvalue weighted by atomic mass is 31.2. The number of quaternary nitrogens is 1. The molecule has 9 nitrogen and oxygen atoms in total. The second-order valence-electron chi connectivity index (χ2n) is 26.3. The Hall–Kier alpha value is -5.93. The van der Waals surface area contributed by atoms with Crippen LogP contribution in [-0.2, 0) is 32.7 Å². The van der Waals surface area contributed by atoms with Crippen LogP contribution in [0.2, 0.25) is 0 Å². The SMILES string of the molecule is CC/C=C\C/C=C\C/C=C\C/C=C\C/C=C\C/C=C\C/C=C\C/C=C\C/C=C\C/C=C\C/C=C\CCCCCCCC(=O)OC(COC(=O)CCCCCCCCCCCCCC/C=C\C/C=C\C/C=C\C/C=C\C/C=C\C/C=C\C/C=C\C/C=C\CC)COP(=O)([O-])OCC[N+](C)(C)C. The van der Waals surface area contributed by atoms with Crippen LogP contribution < -0.4 is 4.89 Å². The molecule has 0 aromatic rings. The third kappa shape index (κ3) is 81.0. The van der Waals surface area contributed by atoms with Crippen molar-refractivity contribution in [2.24, 2.45) is 0 Å². The lowest BCUT2D eigenvalue weighted by atomic mass is 10.0. The Morgan fingerprint density at radius 1 is 0.310 bits per heavy atom. The topological polar surface area (TPSA) is 111 Å². The highest BCUT2D eigenvalue weighted by Crippen LogP contribution is 2.38. The van der Waals surface area contributed by atoms with Crippen LogP contribution in [0.1, 0.15) is 271 Å². The molecule has 2 atom stereocenters. The minimum Gasteiger partial charge on any atom is -0.756 e. The van der Waals surface area contributed by atoms with E-state index >= 15 is 0 Å². The van der Waals surface area contributed by atoms with E-state index in [1.807, 2.05) is 21.1 Å². The average molecular weight is 1400 g/mol. The molecule has 0 spiro atoms. The molecule has 0 heterocycles. The van der Waals surface area contributed by atoms with Gasteiger partial charge >= 0.3 is 11.9 Å². The number of likely N-dealkylation sites (N-methyl/N-ethyl adjacent to an activating group) is 1. The molecule has 100 heavy (non-hydrogen) atoms. The van der Waals surface area contributed by atoms with E-state index in [-0.39, 0.29) is 26.1 Å². The van der Waals surface area contributed by atoms with Gasteiger partial charge < -0.3 is 27.9 Å². The summed E-state index contributed by atoms with van der Waals surface area (Å²) >= 11 is 0. The normalized spacial score (nSPS) is 14.3. The van der Waals surface area contributed by atoms with E-state index in [2.05, 4.69) is 245 Å². The van der Waals surface area contributed by atoms with Gasteiger partial charge in [-0.15, -0.1) is 0 Å². The number of hydrogen-bond acceptors (Lipinski definition) is 8. The van der Waals surface area contributed by atoms with Gasteiger partial charge in [-0.2, -0.15) is 0 Å². The number of allylic oxidation sites excluding steroid dienone is 38. The predicted octanol–water partition coefficient (Wildman–Crippen LogP) is 25.9. The fraction of sp³-hybridized carbons (Fsp3) is 0.556. The Balaban J connectivity index is 4.15. The summed E-state index contributed by atoms with van der Waals surface area (Å²) < 4.78 is 34.3. The summed E-state index contributed by atoms with van der Waals surface area (Å²) in [5.41, 5.74) is 0. The van der Waals surface area contributed by atoms with Crippen LogP contribution in [0, 0.1) is 0 Å². The number of carbonyl (C=O) groups is 2. The zero-order valence-electron chi connectivity index (χ0n) is 63.8. The van der Waals surface area contributed by atoms with Gasteiger partial charge in [0.15, 0.2) is 6.10 Å². The molecule has 0 N–H and O–H groups in total. The van der Waals surface area contributed by atoms with Crippen molar-refractivity contribution in [3.63, 3.8) is 0 Å². The molecule has 0 rings (SSSR count). The molecule has 0 aliphatic rings. The summed E-state index contributed by atoms with van der Waals surface area (Å²) in [6.07, 6.45) is 124. The number of phosphoric ester groups is 1. The number of hydrogen-bond donors (Lipinski definition) is 0. The summed E-state index contributed by atoms with van der Waals surface area (Å²) in [5.74, 6) is -0.872. The molecule has 0 bridgehead atoms. The van der Waals surface area contributed by atoms with Crippen LogP contribution in [-0.4, -0.2) is 70.0 Å². The molecule has 0 aromatic carbocycles. The van der Waals surface area contributed by atoms with E-state index in [1.165, 1.54) is 51.4 Å². The van der Waals surface area contributed by atoms with Gasteiger partial charge in [0.25, 0.3) is 7.82 Å². The molecule has 0 saturated carbocycles. The Bertz CT molecular complexity index is 2550. The molecule has 0 aromatic heterocycles. The van der Waals surface area contributed by atoms with Crippen molar-refractivity contribution in [3.05, 3.63) is 231 Å². The van der Waals surface area contributed by atoms with Gasteiger partial charge in [0.1, 0.15) is 19.8 Å². The summed E-state index contributed by atoms with van der Waals surface area (Å²) in [4.78, 5) is 38.2. The molecular weight excluding hydrogens is 1250 g/mol. The molecular formula is C90H142NO8P. The van der Waals surface area contributed by atoms with Gasteiger partial charge in [-0.1, -0.05) is 328 Å².